The Balaban J connectivity index is 1.30. The molecule has 0 unspecified atom stereocenters. The number of piperidine rings is 1. The number of para-hydroxylation sites is 1. The Labute approximate surface area is 223 Å². The van der Waals surface area contributed by atoms with Crippen LogP contribution in [0.4, 0.5) is 5.69 Å². The molecule has 4 aliphatic rings. The molecule has 7 N–H and O–H groups in total. The van der Waals surface area contributed by atoms with Crippen LogP contribution in [0.1, 0.15) is 18.4 Å². The molecule has 0 radical (unpaired) electrons. The summed E-state index contributed by atoms with van der Waals surface area (Å²) in [6, 6.07) is 6.71. The van der Waals surface area contributed by atoms with Gasteiger partial charge in [0.25, 0.3) is 11.8 Å². The molecule has 0 spiro atoms. The summed E-state index contributed by atoms with van der Waals surface area (Å²) in [5, 5.41) is 64.5. The zero-order valence-electron chi connectivity index (χ0n) is 20.9. The van der Waals surface area contributed by atoms with Crippen LogP contribution in [0.2, 0.25) is 0 Å². The van der Waals surface area contributed by atoms with E-state index in [2.05, 4.69) is 11.9 Å². The van der Waals surface area contributed by atoms with E-state index in [1.807, 2.05) is 0 Å². The molecule has 2 amide bonds. The molecule has 2 fully saturated rings. The van der Waals surface area contributed by atoms with Gasteiger partial charge >= 0.3 is 0 Å². The van der Waals surface area contributed by atoms with E-state index in [0.717, 1.165) is 4.90 Å². The van der Waals surface area contributed by atoms with Gasteiger partial charge in [0.2, 0.25) is 6.29 Å². The molecule has 0 bridgehead atoms. The first-order valence-corrected chi connectivity index (χ1v) is 12.7. The lowest BCUT2D eigenvalue weighted by Gasteiger charge is -2.46. The van der Waals surface area contributed by atoms with Crippen molar-refractivity contribution in [2.75, 3.05) is 18.5 Å². The lowest BCUT2D eigenvalue weighted by molar-refractivity contribution is -0.339. The number of aliphatic hydroxyl groups excluding tert-OH is 5. The van der Waals surface area contributed by atoms with Gasteiger partial charge in [-0.3, -0.25) is 9.59 Å². The van der Waals surface area contributed by atoms with Crippen LogP contribution in [0.5, 0.6) is 0 Å². The summed E-state index contributed by atoms with van der Waals surface area (Å²) in [4.78, 5) is 27.1. The van der Waals surface area contributed by atoms with E-state index in [0.29, 0.717) is 11.3 Å². The highest BCUT2D eigenvalue weighted by molar-refractivity contribution is 6.05. The number of anilines is 1. The third kappa shape index (κ3) is 4.64. The van der Waals surface area contributed by atoms with Crippen molar-refractivity contribution in [1.82, 2.24) is 4.90 Å². The molecule has 4 aliphatic heterocycles. The Morgan fingerprint density at radius 3 is 2.59 bits per heavy atom. The number of amides is 2. The lowest BCUT2D eigenvalue weighted by Crippen LogP contribution is -2.60. The van der Waals surface area contributed by atoms with Crippen molar-refractivity contribution in [3.63, 3.8) is 0 Å². The molecule has 1 aromatic rings. The number of benzene rings is 1. The van der Waals surface area contributed by atoms with Crippen LogP contribution in [0, 0.1) is 11.8 Å². The number of nitrogens with one attached hydrogen (secondary N) is 1. The molecule has 39 heavy (non-hydrogen) atoms. The smallest absolute Gasteiger partial charge is 0.261 e. The van der Waals surface area contributed by atoms with Crippen LogP contribution in [0.3, 0.4) is 0 Å². The van der Waals surface area contributed by atoms with Crippen molar-refractivity contribution < 1.29 is 54.4 Å². The van der Waals surface area contributed by atoms with E-state index in [4.69, 9.17) is 14.2 Å². The minimum Gasteiger partial charge on any atom is -0.471 e. The van der Waals surface area contributed by atoms with Gasteiger partial charge in [0.15, 0.2) is 11.9 Å². The first kappa shape index (κ1) is 27.7. The van der Waals surface area contributed by atoms with Gasteiger partial charge in [-0.2, -0.15) is 0 Å². The summed E-state index contributed by atoms with van der Waals surface area (Å²) in [6.45, 7) is 3.04. The number of hydrogen-bond donors (Lipinski definition) is 7. The van der Waals surface area contributed by atoms with Gasteiger partial charge in [-0.05, 0) is 6.07 Å². The third-order valence-electron chi connectivity index (χ3n) is 7.94. The van der Waals surface area contributed by atoms with Crippen LogP contribution in [-0.4, -0.2) is 104 Å². The number of carbonyl (C=O) groups excluding carboxylic acids is 2. The molecule has 5 rings (SSSR count). The highest BCUT2D eigenvalue weighted by Gasteiger charge is 2.51. The van der Waals surface area contributed by atoms with Crippen LogP contribution >= 0.6 is 0 Å². The molecule has 13 heteroatoms. The SMILES string of the molecule is C=C[C@@H]1[C@H](O[C@@H]2O[C@H](CO)[C@@H](O)[C@H](O)[C@H]2O)OC=C2C(=O)N(CC[C@@]3(O)C(=O)Nc4ccccc43)[C@H](O)C[C@H]21. The fraction of sp³-hybridized carbons (Fsp3) is 0.538. The predicted octanol–water partition coefficient (Wildman–Crippen LogP) is -1.76. The molecule has 4 heterocycles. The molecule has 212 valence electrons. The molecule has 10 atom stereocenters. The molecule has 2 saturated heterocycles. The van der Waals surface area contributed by atoms with Crippen molar-refractivity contribution in [2.45, 2.75) is 61.7 Å². The van der Waals surface area contributed by atoms with Gasteiger partial charge in [0.05, 0.1) is 18.4 Å². The standard InChI is InChI=1S/C26H32N2O11/c1-2-12-13-9-18(30)28(8-7-26(36)15-5-3-4-6-16(15)27-25(26)35)22(34)14(13)11-37-23(12)39-24-21(33)20(32)19(31)17(10-29)38-24/h2-6,11-13,17-21,23-24,29-33,36H,1,7-10H2,(H,27,35)/t12-,13-,17+,18+,19+,20-,21+,23-,24-,26-/m0/s1. The summed E-state index contributed by atoms with van der Waals surface area (Å²) < 4.78 is 16.8. The topological polar surface area (TPSA) is 198 Å². The van der Waals surface area contributed by atoms with Crippen molar-refractivity contribution in [3.05, 3.63) is 54.3 Å². The quantitative estimate of drug-likeness (QED) is 0.191. The zero-order valence-corrected chi connectivity index (χ0v) is 20.9. The minimum absolute atomic E-state index is 0.0629. The Morgan fingerprint density at radius 2 is 1.87 bits per heavy atom. The highest BCUT2D eigenvalue weighted by Crippen LogP contribution is 2.42. The number of nitrogens with zero attached hydrogens (tertiary/aromatic N) is 1. The second-order valence-electron chi connectivity index (χ2n) is 10.2. The van der Waals surface area contributed by atoms with E-state index in [9.17, 15) is 40.2 Å². The monoisotopic (exact) mass is 548 g/mol. The maximum atomic E-state index is 13.4. The molecule has 0 aromatic heterocycles. The molecular weight excluding hydrogens is 516 g/mol. The lowest BCUT2D eigenvalue weighted by atomic mass is 9.78. The first-order chi connectivity index (χ1) is 18.6. The molecule has 13 nitrogen and oxygen atoms in total. The summed E-state index contributed by atoms with van der Waals surface area (Å²) in [6.07, 6.45) is -7.31. The third-order valence-corrected chi connectivity index (χ3v) is 7.94. The van der Waals surface area contributed by atoms with E-state index in [-0.39, 0.29) is 25.0 Å². The minimum atomic E-state index is -1.86. The number of fused-ring (bicyclic) bond motifs is 2. The fourth-order valence-corrected chi connectivity index (χ4v) is 5.66. The Kier molecular flexibility index (Phi) is 7.52. The van der Waals surface area contributed by atoms with Crippen LogP contribution in [0.25, 0.3) is 0 Å². The van der Waals surface area contributed by atoms with Gasteiger partial charge in [-0.25, -0.2) is 0 Å². The highest BCUT2D eigenvalue weighted by atomic mass is 16.8. The van der Waals surface area contributed by atoms with Gasteiger partial charge < -0.3 is 55.1 Å². The van der Waals surface area contributed by atoms with E-state index < -0.39 is 79.1 Å². The second-order valence-corrected chi connectivity index (χ2v) is 10.2. The average Bonchev–Trinajstić information content (AvgIpc) is 3.18. The van der Waals surface area contributed by atoms with Gasteiger partial charge in [-0.1, -0.05) is 24.3 Å². The van der Waals surface area contributed by atoms with Crippen molar-refractivity contribution in [2.24, 2.45) is 11.8 Å². The zero-order chi connectivity index (χ0) is 28.1. The van der Waals surface area contributed by atoms with Crippen LogP contribution in [0.15, 0.2) is 48.8 Å². The maximum absolute atomic E-state index is 13.4. The van der Waals surface area contributed by atoms with Crippen molar-refractivity contribution in [1.29, 1.82) is 0 Å². The summed E-state index contributed by atoms with van der Waals surface area (Å²) in [5.74, 6) is -2.44. The Bertz CT molecular complexity index is 1160. The normalized spacial score (nSPS) is 39.8. The number of likely N-dealkylation sites (tertiary alicyclic amines) is 1. The van der Waals surface area contributed by atoms with Crippen LogP contribution in [-0.2, 0) is 29.4 Å². The number of hydrogen-bond acceptors (Lipinski definition) is 11. The van der Waals surface area contributed by atoms with E-state index in [1.165, 1.54) is 12.3 Å². The number of rotatable bonds is 7. The molecule has 0 aliphatic carbocycles. The van der Waals surface area contributed by atoms with Crippen LogP contribution < -0.4 is 5.32 Å². The number of aliphatic hydroxyl groups is 6. The van der Waals surface area contributed by atoms with E-state index >= 15 is 0 Å². The Hall–Kier alpha value is -2.88. The number of carbonyl (C=O) groups is 2. The molecule has 1 aromatic carbocycles. The molecule has 0 saturated carbocycles. The summed E-state index contributed by atoms with van der Waals surface area (Å²) in [7, 11) is 0. The largest absolute Gasteiger partial charge is 0.471 e. The summed E-state index contributed by atoms with van der Waals surface area (Å²) >= 11 is 0. The van der Waals surface area contributed by atoms with Crippen molar-refractivity contribution in [3.8, 4) is 0 Å². The fourth-order valence-electron chi connectivity index (χ4n) is 5.66. The van der Waals surface area contributed by atoms with Gasteiger partial charge in [-0.15, -0.1) is 6.58 Å². The van der Waals surface area contributed by atoms with E-state index in [1.54, 1.807) is 24.3 Å². The number of ether oxygens (including phenoxy) is 3. The average molecular weight is 549 g/mol. The van der Waals surface area contributed by atoms with Gasteiger partial charge in [0.1, 0.15) is 30.6 Å². The summed E-state index contributed by atoms with van der Waals surface area (Å²) in [5.41, 5.74) is -0.758. The van der Waals surface area contributed by atoms with Gasteiger partial charge in [0, 0.05) is 42.5 Å². The molecular formula is C26H32N2O11. The predicted molar refractivity (Wildman–Crippen MR) is 131 cm³/mol. The van der Waals surface area contributed by atoms with Crippen molar-refractivity contribution >= 4 is 17.5 Å². The Morgan fingerprint density at radius 1 is 1.13 bits per heavy atom. The maximum Gasteiger partial charge on any atom is 0.261 e. The second kappa shape index (κ2) is 10.6. The first-order valence-electron chi connectivity index (χ1n) is 12.7.